The van der Waals surface area contributed by atoms with Gasteiger partial charge >= 0.3 is 0 Å². The molecule has 1 aromatic heterocycles. The van der Waals surface area contributed by atoms with Crippen LogP contribution in [0.4, 0.5) is 4.39 Å². The van der Waals surface area contributed by atoms with E-state index in [0.717, 1.165) is 11.9 Å². The Kier molecular flexibility index (Phi) is 3.13. The Morgan fingerprint density at radius 2 is 2.24 bits per heavy atom. The highest BCUT2D eigenvalue weighted by molar-refractivity contribution is 5.98. The van der Waals surface area contributed by atoms with Crippen LogP contribution in [0.1, 0.15) is 30.8 Å². The summed E-state index contributed by atoms with van der Waals surface area (Å²) in [5.41, 5.74) is 1.23. The zero-order valence-electron chi connectivity index (χ0n) is 9.88. The number of aromatic nitrogens is 1. The van der Waals surface area contributed by atoms with Crippen molar-refractivity contribution in [2.24, 2.45) is 0 Å². The van der Waals surface area contributed by atoms with E-state index in [1.165, 1.54) is 12.1 Å². The summed E-state index contributed by atoms with van der Waals surface area (Å²) in [4.78, 5) is 14.8. The minimum Gasteiger partial charge on any atom is -0.351 e. The first-order valence-electron chi connectivity index (χ1n) is 5.69. The minimum atomic E-state index is -0.301. The molecule has 0 aliphatic carbocycles. The fourth-order valence-corrected chi connectivity index (χ4v) is 1.63. The van der Waals surface area contributed by atoms with Crippen LogP contribution in [0.3, 0.4) is 0 Å². The average Bonchev–Trinajstić information content (AvgIpc) is 2.71. The van der Waals surface area contributed by atoms with Crippen molar-refractivity contribution in [3.05, 3.63) is 35.8 Å². The van der Waals surface area contributed by atoms with Gasteiger partial charge in [0.15, 0.2) is 0 Å². The molecule has 0 unspecified atom stereocenters. The van der Waals surface area contributed by atoms with E-state index >= 15 is 0 Å². The fourth-order valence-electron chi connectivity index (χ4n) is 1.63. The molecule has 0 aliphatic rings. The molecular formula is C13H15FN2O. The van der Waals surface area contributed by atoms with Crippen molar-refractivity contribution in [1.82, 2.24) is 10.3 Å². The number of rotatable bonds is 3. The van der Waals surface area contributed by atoms with Crippen molar-refractivity contribution in [2.45, 2.75) is 26.3 Å². The second kappa shape index (κ2) is 4.57. The highest BCUT2D eigenvalue weighted by Gasteiger charge is 2.11. The van der Waals surface area contributed by atoms with Gasteiger partial charge in [-0.05, 0) is 37.6 Å². The fraction of sp³-hybridized carbons (Fsp3) is 0.308. The summed E-state index contributed by atoms with van der Waals surface area (Å²) < 4.78 is 13.0. The van der Waals surface area contributed by atoms with E-state index in [1.807, 2.05) is 13.8 Å². The normalized spacial score (nSPS) is 12.6. The van der Waals surface area contributed by atoms with Crippen LogP contribution in [0.5, 0.6) is 0 Å². The third kappa shape index (κ3) is 2.46. The van der Waals surface area contributed by atoms with Crippen molar-refractivity contribution >= 4 is 16.8 Å². The van der Waals surface area contributed by atoms with Crippen molar-refractivity contribution in [3.8, 4) is 0 Å². The van der Waals surface area contributed by atoms with Gasteiger partial charge in [-0.15, -0.1) is 0 Å². The molecule has 0 saturated carbocycles. The second-order valence-electron chi connectivity index (χ2n) is 4.20. The lowest BCUT2D eigenvalue weighted by molar-refractivity contribution is 0.0935. The monoisotopic (exact) mass is 234 g/mol. The summed E-state index contributed by atoms with van der Waals surface area (Å²) in [7, 11) is 0. The number of carbonyl (C=O) groups is 1. The summed E-state index contributed by atoms with van der Waals surface area (Å²) in [6.45, 7) is 3.95. The SMILES string of the molecule is CC[C@H](C)NC(=O)c1cc2cc(F)ccc2[nH]1. The Balaban J connectivity index is 2.27. The Labute approximate surface area is 99.0 Å². The lowest BCUT2D eigenvalue weighted by Crippen LogP contribution is -2.32. The zero-order chi connectivity index (χ0) is 12.4. The van der Waals surface area contributed by atoms with Crippen molar-refractivity contribution < 1.29 is 9.18 Å². The summed E-state index contributed by atoms with van der Waals surface area (Å²) in [5.74, 6) is -0.457. The topological polar surface area (TPSA) is 44.9 Å². The van der Waals surface area contributed by atoms with Crippen LogP contribution >= 0.6 is 0 Å². The second-order valence-corrected chi connectivity index (χ2v) is 4.20. The van der Waals surface area contributed by atoms with E-state index in [1.54, 1.807) is 12.1 Å². The van der Waals surface area contributed by atoms with Crippen molar-refractivity contribution in [2.75, 3.05) is 0 Å². The lowest BCUT2D eigenvalue weighted by atomic mass is 10.2. The highest BCUT2D eigenvalue weighted by Crippen LogP contribution is 2.16. The van der Waals surface area contributed by atoms with E-state index in [4.69, 9.17) is 0 Å². The van der Waals surface area contributed by atoms with E-state index in [0.29, 0.717) is 11.1 Å². The number of H-pyrrole nitrogens is 1. The first-order chi connectivity index (χ1) is 8.10. The predicted molar refractivity (Wildman–Crippen MR) is 65.5 cm³/mol. The van der Waals surface area contributed by atoms with E-state index < -0.39 is 0 Å². The Bertz CT molecular complexity index is 547. The third-order valence-electron chi connectivity index (χ3n) is 2.82. The van der Waals surface area contributed by atoms with Crippen LogP contribution in [-0.4, -0.2) is 16.9 Å². The van der Waals surface area contributed by atoms with Crippen LogP contribution in [-0.2, 0) is 0 Å². The van der Waals surface area contributed by atoms with Gasteiger partial charge < -0.3 is 10.3 Å². The van der Waals surface area contributed by atoms with E-state index in [2.05, 4.69) is 10.3 Å². The lowest BCUT2D eigenvalue weighted by Gasteiger charge is -2.09. The summed E-state index contributed by atoms with van der Waals surface area (Å²) in [6.07, 6.45) is 0.876. The molecular weight excluding hydrogens is 219 g/mol. The van der Waals surface area contributed by atoms with Gasteiger partial charge in [-0.3, -0.25) is 4.79 Å². The molecule has 90 valence electrons. The molecule has 0 radical (unpaired) electrons. The van der Waals surface area contributed by atoms with Crippen LogP contribution in [0, 0.1) is 5.82 Å². The number of aromatic amines is 1. The first-order valence-corrected chi connectivity index (χ1v) is 5.69. The van der Waals surface area contributed by atoms with Gasteiger partial charge in [0, 0.05) is 16.9 Å². The van der Waals surface area contributed by atoms with Crippen LogP contribution in [0.25, 0.3) is 10.9 Å². The number of hydrogen-bond donors (Lipinski definition) is 2. The number of carbonyl (C=O) groups excluding carboxylic acids is 1. The summed E-state index contributed by atoms with van der Waals surface area (Å²) >= 11 is 0. The van der Waals surface area contributed by atoms with E-state index in [-0.39, 0.29) is 17.8 Å². The van der Waals surface area contributed by atoms with Crippen LogP contribution < -0.4 is 5.32 Å². The molecule has 1 amide bonds. The Hall–Kier alpha value is -1.84. The number of nitrogens with one attached hydrogen (secondary N) is 2. The predicted octanol–water partition coefficient (Wildman–Crippen LogP) is 2.84. The van der Waals surface area contributed by atoms with Crippen LogP contribution in [0.15, 0.2) is 24.3 Å². The van der Waals surface area contributed by atoms with Gasteiger partial charge in [-0.2, -0.15) is 0 Å². The largest absolute Gasteiger partial charge is 0.351 e. The molecule has 2 N–H and O–H groups in total. The maximum atomic E-state index is 13.0. The quantitative estimate of drug-likeness (QED) is 0.842. The molecule has 0 fully saturated rings. The zero-order valence-corrected chi connectivity index (χ0v) is 9.88. The Morgan fingerprint density at radius 1 is 1.47 bits per heavy atom. The summed E-state index contributed by atoms with van der Waals surface area (Å²) in [6, 6.07) is 6.20. The molecule has 4 heteroatoms. The summed E-state index contributed by atoms with van der Waals surface area (Å²) in [5, 5.41) is 3.57. The van der Waals surface area contributed by atoms with Gasteiger partial charge in [0.05, 0.1) is 0 Å². The van der Waals surface area contributed by atoms with Crippen molar-refractivity contribution in [3.63, 3.8) is 0 Å². The maximum Gasteiger partial charge on any atom is 0.267 e. The number of halogens is 1. The van der Waals surface area contributed by atoms with Gasteiger partial charge in [0.2, 0.25) is 0 Å². The number of benzene rings is 1. The Morgan fingerprint density at radius 3 is 2.94 bits per heavy atom. The van der Waals surface area contributed by atoms with Crippen LogP contribution in [0.2, 0.25) is 0 Å². The van der Waals surface area contributed by atoms with Crippen molar-refractivity contribution in [1.29, 1.82) is 0 Å². The molecule has 2 rings (SSSR count). The average molecular weight is 234 g/mol. The first kappa shape index (κ1) is 11.6. The molecule has 1 aromatic carbocycles. The molecule has 0 aliphatic heterocycles. The van der Waals surface area contributed by atoms with Gasteiger partial charge in [0.1, 0.15) is 11.5 Å². The smallest absolute Gasteiger partial charge is 0.267 e. The molecule has 2 aromatic rings. The number of hydrogen-bond acceptors (Lipinski definition) is 1. The van der Waals surface area contributed by atoms with Gasteiger partial charge in [0.25, 0.3) is 5.91 Å². The minimum absolute atomic E-state index is 0.130. The van der Waals surface area contributed by atoms with E-state index in [9.17, 15) is 9.18 Å². The third-order valence-corrected chi connectivity index (χ3v) is 2.82. The molecule has 0 saturated heterocycles. The number of fused-ring (bicyclic) bond motifs is 1. The number of amides is 1. The maximum absolute atomic E-state index is 13.0. The standard InChI is InChI=1S/C13H15FN2O/c1-3-8(2)15-13(17)12-7-9-6-10(14)4-5-11(9)16-12/h4-8,16H,3H2,1-2H3,(H,15,17)/t8-/m0/s1. The van der Waals surface area contributed by atoms with Gasteiger partial charge in [-0.1, -0.05) is 6.92 Å². The molecule has 3 nitrogen and oxygen atoms in total. The molecule has 17 heavy (non-hydrogen) atoms. The highest BCUT2D eigenvalue weighted by atomic mass is 19.1. The molecule has 1 atom stereocenters. The molecule has 0 bridgehead atoms. The molecule has 0 spiro atoms. The van der Waals surface area contributed by atoms with Gasteiger partial charge in [-0.25, -0.2) is 4.39 Å². The molecule has 1 heterocycles.